The van der Waals surface area contributed by atoms with Crippen LogP contribution in [0.3, 0.4) is 0 Å². The first-order chi connectivity index (χ1) is 10.1. The Morgan fingerprint density at radius 3 is 2.62 bits per heavy atom. The Labute approximate surface area is 123 Å². The summed E-state index contributed by atoms with van der Waals surface area (Å²) in [5.74, 6) is 0. The molecule has 2 aromatic rings. The highest BCUT2D eigenvalue weighted by Gasteiger charge is 2.08. The number of rotatable bonds is 3. The van der Waals surface area contributed by atoms with Crippen molar-refractivity contribution in [3.05, 3.63) is 75.2 Å². The van der Waals surface area contributed by atoms with Gasteiger partial charge in [0.2, 0.25) is 0 Å². The van der Waals surface area contributed by atoms with Crippen LogP contribution in [-0.4, -0.2) is 10.9 Å². The molecule has 0 radical (unpaired) electrons. The number of aromatic nitrogens is 1. The van der Waals surface area contributed by atoms with Crippen molar-refractivity contribution in [2.75, 3.05) is 0 Å². The van der Waals surface area contributed by atoms with Crippen molar-refractivity contribution in [3.63, 3.8) is 0 Å². The van der Waals surface area contributed by atoms with E-state index >= 15 is 0 Å². The molecule has 0 bridgehead atoms. The topological polar surface area (TPSA) is 58.1 Å². The lowest BCUT2D eigenvalue weighted by atomic mass is 10.1. The number of nitrogens with zero attached hydrogens (tertiary/aromatic N) is 3. The van der Waals surface area contributed by atoms with Crippen molar-refractivity contribution in [3.8, 4) is 6.07 Å². The predicted molar refractivity (Wildman–Crippen MR) is 84.3 cm³/mol. The molecule has 1 aromatic carbocycles. The van der Waals surface area contributed by atoms with Gasteiger partial charge >= 0.3 is 0 Å². The minimum Gasteiger partial charge on any atom is -0.266 e. The summed E-state index contributed by atoms with van der Waals surface area (Å²) in [7, 11) is 0. The molecule has 2 rings (SSSR count). The molecule has 0 amide bonds. The largest absolute Gasteiger partial charge is 0.289 e. The van der Waals surface area contributed by atoms with Gasteiger partial charge in [0.15, 0.2) is 0 Å². The van der Waals surface area contributed by atoms with E-state index in [1.54, 1.807) is 26.0 Å². The van der Waals surface area contributed by atoms with Gasteiger partial charge in [-0.15, -0.1) is 0 Å². The molecule has 0 saturated heterocycles. The van der Waals surface area contributed by atoms with Gasteiger partial charge in [-0.1, -0.05) is 36.4 Å². The second kappa shape index (κ2) is 6.49. The van der Waals surface area contributed by atoms with E-state index in [-0.39, 0.29) is 11.1 Å². The third-order valence-corrected chi connectivity index (χ3v) is 3.03. The molecule has 0 fully saturated rings. The maximum atomic E-state index is 12.1. The van der Waals surface area contributed by atoms with Crippen LogP contribution in [0.15, 0.2) is 52.4 Å². The van der Waals surface area contributed by atoms with Crippen LogP contribution < -0.4 is 5.56 Å². The van der Waals surface area contributed by atoms with E-state index in [9.17, 15) is 4.79 Å². The van der Waals surface area contributed by atoms with Crippen LogP contribution >= 0.6 is 0 Å². The molecular formula is C17H15N3O. The van der Waals surface area contributed by atoms with Gasteiger partial charge in [-0.3, -0.25) is 4.79 Å². The van der Waals surface area contributed by atoms with Gasteiger partial charge in [0.25, 0.3) is 5.56 Å². The molecule has 4 nitrogen and oxygen atoms in total. The Morgan fingerprint density at radius 2 is 1.95 bits per heavy atom. The molecule has 21 heavy (non-hydrogen) atoms. The SMILES string of the molecule is Cc1cc(C)n(N=C/C=C/c2ccccc2)c(=O)c1C#N. The van der Waals surface area contributed by atoms with E-state index < -0.39 is 0 Å². The predicted octanol–water partition coefficient (Wildman–Crippen LogP) is 2.88. The molecule has 4 heteroatoms. The standard InChI is InChI=1S/C17H15N3O/c1-13-11-14(2)20(17(21)16(13)12-18)19-10-6-9-15-7-4-3-5-8-15/h3-11H,1-2H3/b9-6+,19-10?. The zero-order valence-corrected chi connectivity index (χ0v) is 11.9. The van der Waals surface area contributed by atoms with E-state index in [0.717, 1.165) is 5.56 Å². The third kappa shape index (κ3) is 3.34. The van der Waals surface area contributed by atoms with Crippen LogP contribution in [-0.2, 0) is 0 Å². The minimum absolute atomic E-state index is 0.129. The van der Waals surface area contributed by atoms with Crippen molar-refractivity contribution in [1.29, 1.82) is 5.26 Å². The molecular weight excluding hydrogens is 262 g/mol. The summed E-state index contributed by atoms with van der Waals surface area (Å²) >= 11 is 0. The lowest BCUT2D eigenvalue weighted by Crippen LogP contribution is -2.22. The van der Waals surface area contributed by atoms with E-state index in [1.165, 1.54) is 10.9 Å². The summed E-state index contributed by atoms with van der Waals surface area (Å²) in [4.78, 5) is 12.1. The first-order valence-electron chi connectivity index (χ1n) is 6.53. The van der Waals surface area contributed by atoms with Gasteiger partial charge in [0.1, 0.15) is 11.6 Å². The van der Waals surface area contributed by atoms with Crippen molar-refractivity contribution < 1.29 is 0 Å². The Bertz CT molecular complexity index is 793. The first-order valence-corrected chi connectivity index (χ1v) is 6.53. The highest BCUT2D eigenvalue weighted by Crippen LogP contribution is 2.05. The number of aryl methyl sites for hydroxylation is 2. The normalized spacial score (nSPS) is 11.1. The summed E-state index contributed by atoms with van der Waals surface area (Å²) in [6.45, 7) is 3.53. The van der Waals surface area contributed by atoms with Gasteiger partial charge in [-0.05, 0) is 37.1 Å². The maximum absolute atomic E-state index is 12.1. The van der Waals surface area contributed by atoms with Crippen LogP contribution in [0.5, 0.6) is 0 Å². The molecule has 0 aliphatic carbocycles. The summed E-state index contributed by atoms with van der Waals surface area (Å²) < 4.78 is 1.24. The first kappa shape index (κ1) is 14.5. The number of allylic oxidation sites excluding steroid dienone is 1. The molecule has 0 unspecified atom stereocenters. The molecule has 0 saturated carbocycles. The lowest BCUT2D eigenvalue weighted by Gasteiger charge is -2.05. The average molecular weight is 277 g/mol. The Hall–Kier alpha value is -2.93. The highest BCUT2D eigenvalue weighted by atomic mass is 16.1. The number of hydrogen-bond acceptors (Lipinski definition) is 3. The molecule has 0 aliphatic rings. The van der Waals surface area contributed by atoms with E-state index in [2.05, 4.69) is 5.10 Å². The minimum atomic E-state index is -0.389. The third-order valence-electron chi connectivity index (χ3n) is 3.03. The summed E-state index contributed by atoms with van der Waals surface area (Å²) in [5.41, 5.74) is 2.16. The number of nitriles is 1. The van der Waals surface area contributed by atoms with Gasteiger partial charge in [0.05, 0.1) is 0 Å². The van der Waals surface area contributed by atoms with Crippen molar-refractivity contribution in [2.24, 2.45) is 5.10 Å². The summed E-state index contributed by atoms with van der Waals surface area (Å²) in [6, 6.07) is 13.5. The fourth-order valence-electron chi connectivity index (χ4n) is 1.98. The Morgan fingerprint density at radius 1 is 1.24 bits per heavy atom. The van der Waals surface area contributed by atoms with E-state index in [1.807, 2.05) is 42.5 Å². The zero-order valence-electron chi connectivity index (χ0n) is 11.9. The van der Waals surface area contributed by atoms with Crippen molar-refractivity contribution in [1.82, 2.24) is 4.68 Å². The van der Waals surface area contributed by atoms with Gasteiger partial charge in [-0.25, -0.2) is 4.68 Å². The zero-order chi connectivity index (χ0) is 15.2. The molecule has 0 spiro atoms. The number of hydrogen-bond donors (Lipinski definition) is 0. The lowest BCUT2D eigenvalue weighted by molar-refractivity contribution is 0.787. The van der Waals surface area contributed by atoms with Gasteiger partial charge < -0.3 is 0 Å². The molecule has 1 heterocycles. The van der Waals surface area contributed by atoms with Crippen LogP contribution in [0.25, 0.3) is 6.08 Å². The van der Waals surface area contributed by atoms with Gasteiger partial charge in [0, 0.05) is 11.9 Å². The Kier molecular flexibility index (Phi) is 4.47. The smallest absolute Gasteiger partial charge is 0.266 e. The van der Waals surface area contributed by atoms with Crippen LogP contribution in [0, 0.1) is 25.2 Å². The molecule has 104 valence electrons. The number of pyridine rings is 1. The van der Waals surface area contributed by atoms with Crippen molar-refractivity contribution >= 4 is 12.3 Å². The average Bonchev–Trinajstić information content (AvgIpc) is 2.47. The highest BCUT2D eigenvalue weighted by molar-refractivity contribution is 5.78. The summed E-state index contributed by atoms with van der Waals surface area (Å²) in [6.07, 6.45) is 5.19. The number of benzene rings is 1. The quantitative estimate of drug-likeness (QED) is 0.810. The van der Waals surface area contributed by atoms with Crippen molar-refractivity contribution in [2.45, 2.75) is 13.8 Å². The monoisotopic (exact) mass is 277 g/mol. The molecule has 0 atom stereocenters. The van der Waals surface area contributed by atoms with E-state index in [0.29, 0.717) is 11.3 Å². The van der Waals surface area contributed by atoms with Gasteiger partial charge in [-0.2, -0.15) is 10.4 Å². The molecule has 0 aliphatic heterocycles. The second-order valence-electron chi connectivity index (χ2n) is 4.61. The fraction of sp³-hybridized carbons (Fsp3) is 0.118. The molecule has 0 N–H and O–H groups in total. The van der Waals surface area contributed by atoms with Crippen LogP contribution in [0.1, 0.15) is 22.4 Å². The maximum Gasteiger partial charge on any atom is 0.289 e. The van der Waals surface area contributed by atoms with E-state index in [4.69, 9.17) is 5.26 Å². The molecule has 1 aromatic heterocycles. The summed E-state index contributed by atoms with van der Waals surface area (Å²) in [5, 5.41) is 13.1. The fourth-order valence-corrected chi connectivity index (χ4v) is 1.98. The second-order valence-corrected chi connectivity index (χ2v) is 4.61. The van der Waals surface area contributed by atoms with Crippen LogP contribution in [0.2, 0.25) is 0 Å². The Balaban J connectivity index is 2.29. The van der Waals surface area contributed by atoms with Crippen LogP contribution in [0.4, 0.5) is 0 Å².